The summed E-state index contributed by atoms with van der Waals surface area (Å²) in [4.78, 5) is 23.8. The lowest BCUT2D eigenvalue weighted by atomic mass is 10.2. The molecule has 3 heterocycles. The molecule has 21 heavy (non-hydrogen) atoms. The summed E-state index contributed by atoms with van der Waals surface area (Å²) >= 11 is 0. The average Bonchev–Trinajstić information content (AvgIpc) is 3.07. The second-order valence-corrected chi connectivity index (χ2v) is 5.21. The van der Waals surface area contributed by atoms with Crippen LogP contribution in [0.3, 0.4) is 0 Å². The topological polar surface area (TPSA) is 63.2 Å². The maximum Gasteiger partial charge on any atom is 0.335 e. The lowest BCUT2D eigenvalue weighted by molar-refractivity contribution is 0.0697. The second kappa shape index (κ2) is 5.01. The van der Waals surface area contributed by atoms with Gasteiger partial charge in [0, 0.05) is 38.9 Å². The highest BCUT2D eigenvalue weighted by molar-refractivity contribution is 5.89. The minimum absolute atomic E-state index is 0.237. The molecule has 0 spiro atoms. The Balaban J connectivity index is 1.96. The van der Waals surface area contributed by atoms with Gasteiger partial charge in [0.2, 0.25) is 0 Å². The molecule has 1 N–H and O–H groups in total. The molecule has 0 bridgehead atoms. The maximum absolute atomic E-state index is 11.3. The summed E-state index contributed by atoms with van der Waals surface area (Å²) in [7, 11) is 3.91. The molecule has 2 aliphatic rings. The van der Waals surface area contributed by atoms with Gasteiger partial charge in [-0.3, -0.25) is 0 Å². The summed E-state index contributed by atoms with van der Waals surface area (Å²) in [6.45, 7) is 1.32. The second-order valence-electron chi connectivity index (χ2n) is 5.21. The van der Waals surface area contributed by atoms with E-state index >= 15 is 0 Å². The zero-order chi connectivity index (χ0) is 15.0. The van der Waals surface area contributed by atoms with Gasteiger partial charge in [-0.25, -0.2) is 9.78 Å². The van der Waals surface area contributed by atoms with Gasteiger partial charge in [0.25, 0.3) is 0 Å². The molecule has 0 saturated carbocycles. The number of carboxylic acids is 1. The van der Waals surface area contributed by atoms with Crippen molar-refractivity contribution in [2.45, 2.75) is 0 Å². The largest absolute Gasteiger partial charge is 0.478 e. The highest BCUT2D eigenvalue weighted by Crippen LogP contribution is 2.25. The number of carbonyl (C=O) groups is 1. The van der Waals surface area contributed by atoms with Crippen molar-refractivity contribution >= 4 is 17.6 Å². The Morgan fingerprint density at radius 2 is 1.48 bits per heavy atom. The number of carboxylic acid groups (broad SMARTS) is 1. The summed E-state index contributed by atoms with van der Waals surface area (Å²) in [5.74, 6) is 0.315. The van der Waals surface area contributed by atoms with E-state index in [1.807, 2.05) is 58.5 Å². The van der Waals surface area contributed by atoms with Gasteiger partial charge in [0.05, 0.1) is 18.9 Å². The van der Waals surface area contributed by atoms with Gasteiger partial charge in [-0.2, -0.15) is 0 Å². The van der Waals surface area contributed by atoms with Crippen LogP contribution in [0.15, 0.2) is 36.9 Å². The van der Waals surface area contributed by atoms with Gasteiger partial charge in [0.1, 0.15) is 11.6 Å². The first-order chi connectivity index (χ1) is 10.0. The molecule has 0 atom stereocenters. The Morgan fingerprint density at radius 3 is 1.81 bits per heavy atom. The smallest absolute Gasteiger partial charge is 0.335 e. The third-order valence-electron chi connectivity index (χ3n) is 3.39. The fourth-order valence-corrected chi connectivity index (χ4v) is 2.27. The number of aromatic carboxylic acids is 1. The van der Waals surface area contributed by atoms with Gasteiger partial charge in [0.15, 0.2) is 0 Å². The molecule has 0 fully saturated rings. The summed E-state index contributed by atoms with van der Waals surface area (Å²) in [6.07, 6.45) is 7.64. The highest BCUT2D eigenvalue weighted by Gasteiger charge is 2.19. The Morgan fingerprint density at radius 1 is 1.00 bits per heavy atom. The molecule has 0 aliphatic carbocycles. The first-order valence-electron chi connectivity index (χ1n) is 6.59. The lowest BCUT2D eigenvalue weighted by Gasteiger charge is -2.22. The number of hydrogen-bond acceptors (Lipinski definition) is 6. The molecule has 0 unspecified atom stereocenters. The standard InChI is InChI=1S/C14H17N5O2/c1-16-3-5-18(9-16)12-7-11(14(20)21)8-13(15-12)19-6-4-17(2)10-19/h3-8H,9-10H2,1-2H3,(H,20,21). The van der Waals surface area contributed by atoms with Crippen LogP contribution in [0.1, 0.15) is 10.4 Å². The molecule has 0 amide bonds. The predicted octanol–water partition coefficient (Wildman–Crippen LogP) is 1.14. The molecular weight excluding hydrogens is 270 g/mol. The number of nitrogens with zero attached hydrogens (tertiary/aromatic N) is 5. The highest BCUT2D eigenvalue weighted by atomic mass is 16.4. The summed E-state index contributed by atoms with van der Waals surface area (Å²) in [5, 5.41) is 9.30. The quantitative estimate of drug-likeness (QED) is 0.894. The van der Waals surface area contributed by atoms with E-state index < -0.39 is 5.97 Å². The minimum atomic E-state index is -0.951. The number of anilines is 2. The van der Waals surface area contributed by atoms with E-state index in [0.29, 0.717) is 25.0 Å². The molecular formula is C14H17N5O2. The average molecular weight is 287 g/mol. The van der Waals surface area contributed by atoms with Crippen LogP contribution in [0.5, 0.6) is 0 Å². The van der Waals surface area contributed by atoms with Crippen LogP contribution >= 0.6 is 0 Å². The molecule has 0 aromatic carbocycles. The number of aromatic nitrogens is 1. The van der Waals surface area contributed by atoms with E-state index in [1.165, 1.54) is 0 Å². The van der Waals surface area contributed by atoms with E-state index in [1.54, 1.807) is 12.1 Å². The Hall–Kier alpha value is -2.70. The van der Waals surface area contributed by atoms with Crippen molar-refractivity contribution in [3.63, 3.8) is 0 Å². The van der Waals surface area contributed by atoms with Crippen molar-refractivity contribution in [1.29, 1.82) is 0 Å². The van der Waals surface area contributed by atoms with E-state index in [0.717, 1.165) is 0 Å². The molecule has 1 aromatic heterocycles. The fraction of sp³-hybridized carbons (Fsp3) is 0.286. The molecule has 0 radical (unpaired) electrons. The molecule has 7 nitrogen and oxygen atoms in total. The van der Waals surface area contributed by atoms with Gasteiger partial charge in [-0.15, -0.1) is 0 Å². The zero-order valence-corrected chi connectivity index (χ0v) is 12.0. The van der Waals surface area contributed by atoms with Crippen molar-refractivity contribution in [3.05, 3.63) is 42.5 Å². The molecule has 2 aliphatic heterocycles. The third-order valence-corrected chi connectivity index (χ3v) is 3.39. The van der Waals surface area contributed by atoms with Crippen LogP contribution in [-0.4, -0.2) is 53.3 Å². The molecule has 0 saturated heterocycles. The third kappa shape index (κ3) is 2.62. The van der Waals surface area contributed by atoms with Crippen molar-refractivity contribution in [2.75, 3.05) is 37.2 Å². The molecule has 7 heteroatoms. The van der Waals surface area contributed by atoms with Crippen LogP contribution in [0, 0.1) is 0 Å². The number of pyridine rings is 1. The maximum atomic E-state index is 11.3. The van der Waals surface area contributed by atoms with Crippen molar-refractivity contribution in [3.8, 4) is 0 Å². The number of rotatable bonds is 3. The van der Waals surface area contributed by atoms with Crippen molar-refractivity contribution in [1.82, 2.24) is 14.8 Å². The fourth-order valence-electron chi connectivity index (χ4n) is 2.27. The first kappa shape index (κ1) is 13.3. The van der Waals surface area contributed by atoms with Crippen LogP contribution in [-0.2, 0) is 0 Å². The Kier molecular flexibility index (Phi) is 3.17. The van der Waals surface area contributed by atoms with Gasteiger partial charge in [-0.1, -0.05) is 0 Å². The van der Waals surface area contributed by atoms with E-state index in [2.05, 4.69) is 4.98 Å². The van der Waals surface area contributed by atoms with E-state index in [9.17, 15) is 9.90 Å². The van der Waals surface area contributed by atoms with E-state index in [-0.39, 0.29) is 5.56 Å². The zero-order valence-electron chi connectivity index (χ0n) is 12.0. The van der Waals surface area contributed by atoms with Crippen LogP contribution in [0.25, 0.3) is 0 Å². The monoisotopic (exact) mass is 287 g/mol. The summed E-state index contributed by atoms with van der Waals surface area (Å²) in [6, 6.07) is 3.19. The van der Waals surface area contributed by atoms with Crippen molar-refractivity contribution in [2.24, 2.45) is 0 Å². The van der Waals surface area contributed by atoms with Gasteiger partial charge >= 0.3 is 5.97 Å². The summed E-state index contributed by atoms with van der Waals surface area (Å²) in [5.41, 5.74) is 0.237. The van der Waals surface area contributed by atoms with Crippen LogP contribution < -0.4 is 9.80 Å². The minimum Gasteiger partial charge on any atom is -0.478 e. The SMILES string of the molecule is CN1C=CN(c2cc(C(=O)O)cc(N3C=CN(C)C3)n2)C1. The Bertz CT molecular complexity index is 584. The molecule has 1 aromatic rings. The molecule has 110 valence electrons. The normalized spacial score (nSPS) is 17.2. The lowest BCUT2D eigenvalue weighted by Crippen LogP contribution is -2.25. The summed E-state index contributed by atoms with van der Waals surface area (Å²) < 4.78 is 0. The molecule has 3 rings (SSSR count). The first-order valence-corrected chi connectivity index (χ1v) is 6.59. The van der Waals surface area contributed by atoms with Gasteiger partial charge in [-0.05, 0) is 12.1 Å². The van der Waals surface area contributed by atoms with Crippen molar-refractivity contribution < 1.29 is 9.90 Å². The van der Waals surface area contributed by atoms with E-state index in [4.69, 9.17) is 0 Å². The Labute approximate surface area is 123 Å². The number of hydrogen-bond donors (Lipinski definition) is 1. The van der Waals surface area contributed by atoms with Crippen LogP contribution in [0.4, 0.5) is 11.6 Å². The van der Waals surface area contributed by atoms with Crippen LogP contribution in [0.2, 0.25) is 0 Å². The van der Waals surface area contributed by atoms with Gasteiger partial charge < -0.3 is 24.7 Å². The predicted molar refractivity (Wildman–Crippen MR) is 79.7 cm³/mol.